The normalized spacial score (nSPS) is 12.3. The lowest BCUT2D eigenvalue weighted by Gasteiger charge is -2.29. The molecule has 0 aliphatic carbocycles. The average molecular weight is 606 g/mol. The number of aldehydes is 1. The SMILES string of the molecule is CC(C)(CCC(C)(C)C(=O)N[C@@H](CCC(=O)NCCOCCOCC(=O)NCCOCCOCC=O)C(=O)O)C(=O)O. The third kappa shape index (κ3) is 19.1. The zero-order chi connectivity index (χ0) is 32.0. The minimum Gasteiger partial charge on any atom is -0.481 e. The van der Waals surface area contributed by atoms with E-state index in [-0.39, 0.29) is 71.2 Å². The second-order valence-corrected chi connectivity index (χ2v) is 10.7. The Morgan fingerprint density at radius 2 is 1.26 bits per heavy atom. The summed E-state index contributed by atoms with van der Waals surface area (Å²) in [5.74, 6) is -3.52. The first-order valence-electron chi connectivity index (χ1n) is 13.8. The maximum Gasteiger partial charge on any atom is 0.326 e. The maximum absolute atomic E-state index is 12.7. The van der Waals surface area contributed by atoms with Gasteiger partial charge < -0.3 is 49.9 Å². The molecule has 242 valence electrons. The van der Waals surface area contributed by atoms with Crippen LogP contribution < -0.4 is 16.0 Å². The molecule has 0 saturated carbocycles. The van der Waals surface area contributed by atoms with Gasteiger partial charge in [0, 0.05) is 24.9 Å². The van der Waals surface area contributed by atoms with Crippen LogP contribution in [-0.2, 0) is 47.7 Å². The van der Waals surface area contributed by atoms with Crippen molar-refractivity contribution in [3.63, 3.8) is 0 Å². The van der Waals surface area contributed by atoms with Crippen molar-refractivity contribution in [2.24, 2.45) is 10.8 Å². The fourth-order valence-electron chi connectivity index (χ4n) is 3.13. The summed E-state index contributed by atoms with van der Waals surface area (Å²) in [6.07, 6.45) is 0.853. The quantitative estimate of drug-likeness (QED) is 0.0637. The molecule has 0 bridgehead atoms. The summed E-state index contributed by atoms with van der Waals surface area (Å²) in [5.41, 5.74) is -2.03. The summed E-state index contributed by atoms with van der Waals surface area (Å²) < 4.78 is 20.6. The summed E-state index contributed by atoms with van der Waals surface area (Å²) in [4.78, 5) is 69.5. The standard InChI is InChI=1S/C27H47N3O12/c1-26(2,7-8-27(3,4)25(37)38)24(36)30-20(23(34)35)5-6-21(32)28-9-12-40-17-18-42-19-22(33)29-10-13-39-15-16-41-14-11-31/h11,20H,5-10,12-19H2,1-4H3,(H,28,32)(H,29,33)(H,30,36)(H,34,35)(H,37,38)/t20-/m0/s1. The molecule has 5 N–H and O–H groups in total. The van der Waals surface area contributed by atoms with Crippen molar-refractivity contribution in [1.29, 1.82) is 0 Å². The zero-order valence-corrected chi connectivity index (χ0v) is 25.0. The second-order valence-electron chi connectivity index (χ2n) is 10.7. The predicted molar refractivity (Wildman–Crippen MR) is 149 cm³/mol. The first kappa shape index (κ1) is 38.9. The smallest absolute Gasteiger partial charge is 0.326 e. The second kappa shape index (κ2) is 21.5. The number of hydrogen-bond acceptors (Lipinski definition) is 10. The maximum atomic E-state index is 12.7. The Labute approximate surface area is 246 Å². The number of carboxylic acids is 2. The highest BCUT2D eigenvalue weighted by atomic mass is 16.5. The average Bonchev–Trinajstić information content (AvgIpc) is 2.92. The molecule has 0 spiro atoms. The van der Waals surface area contributed by atoms with Gasteiger partial charge in [-0.05, 0) is 33.1 Å². The molecule has 0 fully saturated rings. The third-order valence-corrected chi connectivity index (χ3v) is 6.13. The largest absolute Gasteiger partial charge is 0.481 e. The number of nitrogens with one attached hydrogen (secondary N) is 3. The Morgan fingerprint density at radius 3 is 1.81 bits per heavy atom. The van der Waals surface area contributed by atoms with E-state index in [1.807, 2.05) is 0 Å². The van der Waals surface area contributed by atoms with E-state index in [2.05, 4.69) is 16.0 Å². The molecule has 3 amide bonds. The van der Waals surface area contributed by atoms with E-state index in [0.717, 1.165) is 0 Å². The molecule has 15 heteroatoms. The molecule has 15 nitrogen and oxygen atoms in total. The van der Waals surface area contributed by atoms with Gasteiger partial charge in [0.15, 0.2) is 0 Å². The Morgan fingerprint density at radius 1 is 0.738 bits per heavy atom. The topological polar surface area (TPSA) is 216 Å². The van der Waals surface area contributed by atoms with Crippen LogP contribution in [0.25, 0.3) is 0 Å². The fraction of sp³-hybridized carbons (Fsp3) is 0.778. The Hall–Kier alpha value is -3.14. The summed E-state index contributed by atoms with van der Waals surface area (Å²) in [5, 5.41) is 26.4. The zero-order valence-electron chi connectivity index (χ0n) is 25.0. The molecule has 0 aromatic rings. The van der Waals surface area contributed by atoms with Gasteiger partial charge in [-0.1, -0.05) is 13.8 Å². The van der Waals surface area contributed by atoms with E-state index < -0.39 is 40.6 Å². The van der Waals surface area contributed by atoms with Crippen LogP contribution in [0.5, 0.6) is 0 Å². The molecule has 0 rings (SSSR count). The van der Waals surface area contributed by atoms with Crippen molar-refractivity contribution >= 4 is 35.9 Å². The molecule has 0 radical (unpaired) electrons. The minimum absolute atomic E-state index is 0.0203. The van der Waals surface area contributed by atoms with Crippen molar-refractivity contribution in [3.05, 3.63) is 0 Å². The molecule has 0 unspecified atom stereocenters. The highest BCUT2D eigenvalue weighted by molar-refractivity contribution is 5.87. The van der Waals surface area contributed by atoms with Gasteiger partial charge in [-0.15, -0.1) is 0 Å². The van der Waals surface area contributed by atoms with E-state index in [9.17, 15) is 39.0 Å². The molecule has 0 aromatic carbocycles. The van der Waals surface area contributed by atoms with E-state index in [1.54, 1.807) is 27.7 Å². The van der Waals surface area contributed by atoms with E-state index in [0.29, 0.717) is 32.7 Å². The van der Waals surface area contributed by atoms with Gasteiger partial charge in [0.25, 0.3) is 0 Å². The van der Waals surface area contributed by atoms with Gasteiger partial charge in [-0.2, -0.15) is 0 Å². The number of carboxylic acid groups (broad SMARTS) is 2. The number of hydrogen-bond donors (Lipinski definition) is 5. The van der Waals surface area contributed by atoms with E-state index >= 15 is 0 Å². The Bertz CT molecular complexity index is 863. The molecule has 0 aromatic heterocycles. The molecule has 0 aliphatic heterocycles. The highest BCUT2D eigenvalue weighted by Gasteiger charge is 2.35. The highest BCUT2D eigenvalue weighted by Crippen LogP contribution is 2.31. The number of carbonyl (C=O) groups is 6. The third-order valence-electron chi connectivity index (χ3n) is 6.13. The van der Waals surface area contributed by atoms with Crippen molar-refractivity contribution in [3.8, 4) is 0 Å². The van der Waals surface area contributed by atoms with Crippen molar-refractivity contribution in [2.75, 3.05) is 65.9 Å². The first-order chi connectivity index (χ1) is 19.7. The lowest BCUT2D eigenvalue weighted by Crippen LogP contribution is -2.47. The van der Waals surface area contributed by atoms with Crippen molar-refractivity contribution in [1.82, 2.24) is 16.0 Å². The predicted octanol–water partition coefficient (Wildman–Crippen LogP) is -0.249. The summed E-state index contributed by atoms with van der Waals surface area (Å²) in [6, 6.07) is -1.28. The summed E-state index contributed by atoms with van der Waals surface area (Å²) in [7, 11) is 0. The van der Waals surface area contributed by atoms with Gasteiger partial charge in [-0.25, -0.2) is 4.79 Å². The molecular weight excluding hydrogens is 558 g/mol. The van der Waals surface area contributed by atoms with Crippen LogP contribution in [0.4, 0.5) is 0 Å². The fourth-order valence-corrected chi connectivity index (χ4v) is 3.13. The Kier molecular flexibility index (Phi) is 19.9. The van der Waals surface area contributed by atoms with Crippen LogP contribution in [0.1, 0.15) is 53.4 Å². The van der Waals surface area contributed by atoms with Crippen LogP contribution in [0.15, 0.2) is 0 Å². The van der Waals surface area contributed by atoms with Crippen LogP contribution in [0.3, 0.4) is 0 Å². The molecule has 42 heavy (non-hydrogen) atoms. The lowest BCUT2D eigenvalue weighted by atomic mass is 9.78. The van der Waals surface area contributed by atoms with Crippen LogP contribution in [-0.4, -0.2) is 118 Å². The molecular formula is C27H47N3O12. The molecule has 0 saturated heterocycles. The van der Waals surface area contributed by atoms with Gasteiger partial charge in [0.1, 0.15) is 25.5 Å². The van der Waals surface area contributed by atoms with E-state index in [1.165, 1.54) is 0 Å². The van der Waals surface area contributed by atoms with Crippen LogP contribution in [0, 0.1) is 10.8 Å². The monoisotopic (exact) mass is 605 g/mol. The number of rotatable bonds is 26. The van der Waals surface area contributed by atoms with Gasteiger partial charge in [-0.3, -0.25) is 19.2 Å². The number of aliphatic carboxylic acids is 2. The number of carbonyl (C=O) groups excluding carboxylic acids is 4. The van der Waals surface area contributed by atoms with Gasteiger partial charge in [0.2, 0.25) is 17.7 Å². The van der Waals surface area contributed by atoms with E-state index in [4.69, 9.17) is 18.9 Å². The lowest BCUT2D eigenvalue weighted by molar-refractivity contribution is -0.148. The molecule has 1 atom stereocenters. The number of amides is 3. The Balaban J connectivity index is 4.03. The molecule has 0 heterocycles. The van der Waals surface area contributed by atoms with Gasteiger partial charge >= 0.3 is 11.9 Å². The van der Waals surface area contributed by atoms with Crippen molar-refractivity contribution < 1.29 is 57.9 Å². The van der Waals surface area contributed by atoms with Crippen LogP contribution in [0.2, 0.25) is 0 Å². The van der Waals surface area contributed by atoms with Crippen LogP contribution >= 0.6 is 0 Å². The van der Waals surface area contributed by atoms with Gasteiger partial charge in [0.05, 0.1) is 45.1 Å². The van der Waals surface area contributed by atoms with Crippen molar-refractivity contribution in [2.45, 2.75) is 59.4 Å². The minimum atomic E-state index is -1.28. The summed E-state index contributed by atoms with van der Waals surface area (Å²) >= 11 is 0. The first-order valence-corrected chi connectivity index (χ1v) is 13.8. The summed E-state index contributed by atoms with van der Waals surface area (Å²) in [6.45, 7) is 8.13. The molecule has 0 aliphatic rings. The number of ether oxygens (including phenoxy) is 4.